The van der Waals surface area contributed by atoms with Crippen LogP contribution in [0.2, 0.25) is 0 Å². The second-order valence-electron chi connectivity index (χ2n) is 5.87. The predicted octanol–water partition coefficient (Wildman–Crippen LogP) is 3.22. The largest absolute Gasteiger partial charge is 0.378 e. The normalized spacial score (nSPS) is 28.6. The molecule has 4 heteroatoms. The molecule has 1 N–H and O–H groups in total. The van der Waals surface area contributed by atoms with Crippen molar-refractivity contribution in [3.8, 4) is 0 Å². The fourth-order valence-electron chi connectivity index (χ4n) is 2.60. The number of rotatable bonds is 3. The Hall–Kier alpha value is -0.620. The number of nitrogens with one attached hydrogen (secondary N) is 1. The summed E-state index contributed by atoms with van der Waals surface area (Å²) in [5, 5.41) is 3.13. The lowest BCUT2D eigenvalue weighted by atomic mass is 9.56. The van der Waals surface area contributed by atoms with Gasteiger partial charge < -0.3 is 10.1 Å². The van der Waals surface area contributed by atoms with Crippen LogP contribution >= 0.6 is 22.6 Å². The van der Waals surface area contributed by atoms with Crippen molar-refractivity contribution in [2.75, 3.05) is 7.11 Å². The van der Waals surface area contributed by atoms with Gasteiger partial charge in [0.2, 0.25) is 0 Å². The number of benzene rings is 1. The fourth-order valence-corrected chi connectivity index (χ4v) is 3.24. The van der Waals surface area contributed by atoms with Crippen molar-refractivity contribution in [2.45, 2.75) is 38.8 Å². The number of carbonyl (C=O) groups excluding carboxylic acids is 1. The highest BCUT2D eigenvalue weighted by molar-refractivity contribution is 14.1. The fraction of sp³-hybridized carbons (Fsp3) is 0.533. The summed E-state index contributed by atoms with van der Waals surface area (Å²) >= 11 is 2.19. The van der Waals surface area contributed by atoms with E-state index in [1.165, 1.54) is 0 Å². The van der Waals surface area contributed by atoms with Gasteiger partial charge in [0.05, 0.1) is 11.2 Å². The van der Waals surface area contributed by atoms with Crippen molar-refractivity contribution >= 4 is 28.5 Å². The Kier molecular flexibility index (Phi) is 3.93. The van der Waals surface area contributed by atoms with Crippen molar-refractivity contribution < 1.29 is 9.53 Å². The Morgan fingerprint density at radius 3 is 2.53 bits per heavy atom. The first-order valence-corrected chi connectivity index (χ1v) is 7.50. The van der Waals surface area contributed by atoms with Gasteiger partial charge in [-0.15, -0.1) is 0 Å². The van der Waals surface area contributed by atoms with Crippen LogP contribution in [0.15, 0.2) is 24.3 Å². The number of carbonyl (C=O) groups is 1. The zero-order valence-electron chi connectivity index (χ0n) is 11.8. The lowest BCUT2D eigenvalue weighted by molar-refractivity contribution is -0.177. The first kappa shape index (κ1) is 14.8. The molecule has 2 unspecified atom stereocenters. The maximum Gasteiger partial charge on any atom is 0.252 e. The van der Waals surface area contributed by atoms with Gasteiger partial charge in [0.25, 0.3) is 5.91 Å². The van der Waals surface area contributed by atoms with Gasteiger partial charge >= 0.3 is 0 Å². The Balaban J connectivity index is 2.09. The van der Waals surface area contributed by atoms with Crippen LogP contribution in [0.25, 0.3) is 0 Å². The molecule has 1 fully saturated rings. The van der Waals surface area contributed by atoms with Crippen LogP contribution in [0.4, 0.5) is 0 Å². The zero-order valence-corrected chi connectivity index (χ0v) is 13.9. The monoisotopic (exact) mass is 373 g/mol. The van der Waals surface area contributed by atoms with E-state index in [0.29, 0.717) is 0 Å². The minimum Gasteiger partial charge on any atom is -0.378 e. The van der Waals surface area contributed by atoms with Gasteiger partial charge in [-0.2, -0.15) is 0 Å². The van der Waals surface area contributed by atoms with Gasteiger partial charge in [0.1, 0.15) is 0 Å². The standard InChI is InChI=1S/C15H20INO2/c1-14(2)12(9-15(14,3)19-4)17-13(18)10-7-5-6-8-11(10)16/h5-8,12H,9H2,1-4H3,(H,17,18). The number of halogens is 1. The van der Waals surface area contributed by atoms with Gasteiger partial charge in [-0.05, 0) is 48.1 Å². The van der Waals surface area contributed by atoms with Gasteiger partial charge in [-0.1, -0.05) is 26.0 Å². The van der Waals surface area contributed by atoms with Crippen molar-refractivity contribution in [3.63, 3.8) is 0 Å². The third-order valence-corrected chi connectivity index (χ3v) is 5.64. The highest BCUT2D eigenvalue weighted by Crippen LogP contribution is 2.51. The second kappa shape index (κ2) is 5.05. The van der Waals surface area contributed by atoms with Gasteiger partial charge in [0.15, 0.2) is 0 Å². The third-order valence-electron chi connectivity index (χ3n) is 4.70. The van der Waals surface area contributed by atoms with E-state index in [0.717, 1.165) is 15.6 Å². The van der Waals surface area contributed by atoms with Crippen LogP contribution in [0, 0.1) is 8.99 Å². The van der Waals surface area contributed by atoms with E-state index in [9.17, 15) is 4.79 Å². The van der Waals surface area contributed by atoms with E-state index in [1.807, 2.05) is 24.3 Å². The molecule has 0 radical (unpaired) electrons. The number of ether oxygens (including phenoxy) is 1. The topological polar surface area (TPSA) is 38.3 Å². The summed E-state index contributed by atoms with van der Waals surface area (Å²) in [6.07, 6.45) is 0.853. The van der Waals surface area contributed by atoms with Crippen molar-refractivity contribution in [3.05, 3.63) is 33.4 Å². The maximum absolute atomic E-state index is 12.3. The molecule has 19 heavy (non-hydrogen) atoms. The molecule has 1 aliphatic rings. The lowest BCUT2D eigenvalue weighted by Gasteiger charge is -2.59. The van der Waals surface area contributed by atoms with Crippen molar-refractivity contribution in [2.24, 2.45) is 5.41 Å². The minimum absolute atomic E-state index is 0.00114. The Labute approximate surface area is 128 Å². The first-order chi connectivity index (χ1) is 8.82. The van der Waals surface area contributed by atoms with Gasteiger partial charge in [0, 0.05) is 22.1 Å². The highest BCUT2D eigenvalue weighted by Gasteiger charge is 2.58. The number of methoxy groups -OCH3 is 1. The molecule has 1 aromatic rings. The van der Waals surface area contributed by atoms with Crippen molar-refractivity contribution in [1.29, 1.82) is 0 Å². The molecule has 0 spiro atoms. The molecule has 2 rings (SSSR count). The summed E-state index contributed by atoms with van der Waals surface area (Å²) in [6, 6.07) is 7.79. The summed E-state index contributed by atoms with van der Waals surface area (Å²) in [7, 11) is 1.74. The maximum atomic E-state index is 12.3. The summed E-state index contributed by atoms with van der Waals surface area (Å²) in [6.45, 7) is 6.38. The van der Waals surface area contributed by atoms with Crippen LogP contribution in [0.1, 0.15) is 37.6 Å². The summed E-state index contributed by atoms with van der Waals surface area (Å²) in [5.74, 6) is 0.00114. The van der Waals surface area contributed by atoms with Crippen LogP contribution in [-0.4, -0.2) is 24.7 Å². The quantitative estimate of drug-likeness (QED) is 0.827. The average Bonchev–Trinajstić information content (AvgIpc) is 2.38. The molecular formula is C15H20INO2. The minimum atomic E-state index is -0.158. The van der Waals surface area contributed by atoms with E-state index in [4.69, 9.17) is 4.74 Å². The van der Waals surface area contributed by atoms with Crippen LogP contribution in [0.5, 0.6) is 0 Å². The molecule has 0 aliphatic heterocycles. The van der Waals surface area contributed by atoms with Gasteiger partial charge in [-0.3, -0.25) is 4.79 Å². The number of hydrogen-bond donors (Lipinski definition) is 1. The molecule has 1 aliphatic carbocycles. The van der Waals surface area contributed by atoms with Crippen molar-refractivity contribution in [1.82, 2.24) is 5.32 Å². The summed E-state index contributed by atoms with van der Waals surface area (Å²) < 4.78 is 6.55. The highest BCUT2D eigenvalue weighted by atomic mass is 127. The van der Waals surface area contributed by atoms with Gasteiger partial charge in [-0.25, -0.2) is 0 Å². The third kappa shape index (κ3) is 2.40. The number of amides is 1. The molecule has 1 saturated carbocycles. The molecular weight excluding hydrogens is 353 g/mol. The second-order valence-corrected chi connectivity index (χ2v) is 7.03. The molecule has 1 aromatic carbocycles. The Morgan fingerprint density at radius 1 is 1.37 bits per heavy atom. The molecule has 0 saturated heterocycles. The molecule has 0 bridgehead atoms. The number of hydrogen-bond acceptors (Lipinski definition) is 2. The molecule has 2 atom stereocenters. The predicted molar refractivity (Wildman–Crippen MR) is 84.2 cm³/mol. The molecule has 104 valence electrons. The van der Waals surface area contributed by atoms with E-state index < -0.39 is 0 Å². The van der Waals surface area contributed by atoms with Crippen LogP contribution in [-0.2, 0) is 4.74 Å². The molecule has 0 aromatic heterocycles. The average molecular weight is 373 g/mol. The van der Waals surface area contributed by atoms with Crippen LogP contribution in [0.3, 0.4) is 0 Å². The lowest BCUT2D eigenvalue weighted by Crippen LogP contribution is -2.68. The molecule has 1 amide bonds. The zero-order chi connectivity index (χ0) is 14.3. The first-order valence-electron chi connectivity index (χ1n) is 6.42. The Morgan fingerprint density at radius 2 is 2.00 bits per heavy atom. The summed E-state index contributed by atoms with van der Waals surface area (Å²) in [5.41, 5.74) is 0.525. The summed E-state index contributed by atoms with van der Waals surface area (Å²) in [4.78, 5) is 12.3. The van der Waals surface area contributed by atoms with E-state index >= 15 is 0 Å². The van der Waals surface area contributed by atoms with E-state index in [2.05, 4.69) is 48.7 Å². The van der Waals surface area contributed by atoms with E-state index in [1.54, 1.807) is 7.11 Å². The smallest absolute Gasteiger partial charge is 0.252 e. The molecule has 0 heterocycles. The molecule has 3 nitrogen and oxygen atoms in total. The SMILES string of the molecule is COC1(C)CC(NC(=O)c2ccccc2I)C1(C)C. The van der Waals surface area contributed by atoms with Crippen LogP contribution < -0.4 is 5.32 Å². The Bertz CT molecular complexity index is 501. The van der Waals surface area contributed by atoms with E-state index in [-0.39, 0.29) is 23.0 Å².